The Morgan fingerprint density at radius 1 is 1.16 bits per heavy atom. The van der Waals surface area contributed by atoms with E-state index in [0.29, 0.717) is 12.4 Å². The number of aromatic nitrogens is 1. The molecule has 1 heterocycles. The number of carbonyl (C=O) groups is 2. The van der Waals surface area contributed by atoms with Gasteiger partial charge in [-0.2, -0.15) is 0 Å². The van der Waals surface area contributed by atoms with Gasteiger partial charge in [0.2, 0.25) is 0 Å². The number of ether oxygens (including phenoxy) is 2. The van der Waals surface area contributed by atoms with Crippen LogP contribution in [0.1, 0.15) is 34.1 Å². The molecule has 1 amide bonds. The van der Waals surface area contributed by atoms with E-state index in [2.05, 4.69) is 10.3 Å². The zero-order chi connectivity index (χ0) is 18.2. The van der Waals surface area contributed by atoms with Gasteiger partial charge >= 0.3 is 5.97 Å². The van der Waals surface area contributed by atoms with Crippen LogP contribution in [0.15, 0.2) is 36.5 Å². The molecule has 0 saturated heterocycles. The maximum absolute atomic E-state index is 12.4. The van der Waals surface area contributed by atoms with Crippen LogP contribution in [0.2, 0.25) is 0 Å². The van der Waals surface area contributed by atoms with Gasteiger partial charge in [0.05, 0.1) is 6.61 Å². The Morgan fingerprint density at radius 2 is 1.88 bits per heavy atom. The van der Waals surface area contributed by atoms with Crippen molar-refractivity contribution in [3.63, 3.8) is 0 Å². The number of hydrogen-bond donors (Lipinski definition) is 1. The van der Waals surface area contributed by atoms with E-state index in [4.69, 9.17) is 9.47 Å². The van der Waals surface area contributed by atoms with Crippen LogP contribution in [-0.2, 0) is 16.1 Å². The topological polar surface area (TPSA) is 77.5 Å². The lowest BCUT2D eigenvalue weighted by molar-refractivity contribution is -0.141. The molecule has 0 bridgehead atoms. The number of pyridine rings is 1. The minimum atomic E-state index is -0.494. The molecule has 0 unspecified atom stereocenters. The number of rotatable bonds is 7. The molecule has 132 valence electrons. The second-order valence-electron chi connectivity index (χ2n) is 5.51. The predicted octanol–water partition coefficient (Wildman–Crippen LogP) is 2.57. The van der Waals surface area contributed by atoms with Crippen LogP contribution < -0.4 is 10.1 Å². The molecule has 6 nitrogen and oxygen atoms in total. The van der Waals surface area contributed by atoms with Crippen LogP contribution in [-0.4, -0.2) is 30.0 Å². The van der Waals surface area contributed by atoms with Crippen molar-refractivity contribution < 1.29 is 19.1 Å². The average Bonchev–Trinajstić information content (AvgIpc) is 2.62. The Bertz CT molecular complexity index is 745. The molecule has 1 aromatic carbocycles. The third kappa shape index (κ3) is 5.04. The number of esters is 1. The summed E-state index contributed by atoms with van der Waals surface area (Å²) in [6.07, 6.45) is 1.62. The summed E-state index contributed by atoms with van der Waals surface area (Å²) in [7, 11) is 0. The third-order valence-corrected chi connectivity index (χ3v) is 3.67. The summed E-state index contributed by atoms with van der Waals surface area (Å²) in [6.45, 7) is 5.87. The lowest BCUT2D eigenvalue weighted by Crippen LogP contribution is -2.31. The summed E-state index contributed by atoms with van der Waals surface area (Å²) >= 11 is 0. The first-order chi connectivity index (χ1) is 12.0. The van der Waals surface area contributed by atoms with Crippen LogP contribution >= 0.6 is 0 Å². The fraction of sp³-hybridized carbons (Fsp3) is 0.316. The standard InChI is InChI=1S/C19H22N2O4/c1-4-24-16(22)11-21-19(23)17-18(14(3)13(2)10-20-17)25-12-15-8-6-5-7-9-15/h5-10H,4,11-12H2,1-3H3,(H,21,23). The van der Waals surface area contributed by atoms with Crippen molar-refractivity contribution in [1.29, 1.82) is 0 Å². The highest BCUT2D eigenvalue weighted by molar-refractivity contribution is 5.97. The van der Waals surface area contributed by atoms with Crippen LogP contribution in [0.25, 0.3) is 0 Å². The second-order valence-corrected chi connectivity index (χ2v) is 5.51. The van der Waals surface area contributed by atoms with E-state index in [-0.39, 0.29) is 18.8 Å². The molecule has 2 rings (SSSR count). The van der Waals surface area contributed by atoms with Crippen molar-refractivity contribution in [2.45, 2.75) is 27.4 Å². The summed E-state index contributed by atoms with van der Waals surface area (Å²) in [5, 5.41) is 2.51. The van der Waals surface area contributed by atoms with E-state index in [9.17, 15) is 9.59 Å². The van der Waals surface area contributed by atoms with Gasteiger partial charge in [-0.15, -0.1) is 0 Å². The molecule has 0 fully saturated rings. The summed E-state index contributed by atoms with van der Waals surface area (Å²) in [5.41, 5.74) is 2.90. The number of nitrogens with zero attached hydrogens (tertiary/aromatic N) is 1. The highest BCUT2D eigenvalue weighted by atomic mass is 16.5. The number of aryl methyl sites for hydroxylation is 1. The van der Waals surface area contributed by atoms with E-state index in [1.807, 2.05) is 44.2 Å². The van der Waals surface area contributed by atoms with Crippen LogP contribution in [0, 0.1) is 13.8 Å². The van der Waals surface area contributed by atoms with Gasteiger partial charge in [0, 0.05) is 6.20 Å². The largest absolute Gasteiger partial charge is 0.486 e. The van der Waals surface area contributed by atoms with Gasteiger partial charge < -0.3 is 14.8 Å². The smallest absolute Gasteiger partial charge is 0.325 e. The number of carbonyl (C=O) groups excluding carboxylic acids is 2. The van der Waals surface area contributed by atoms with E-state index in [1.165, 1.54) is 0 Å². The minimum Gasteiger partial charge on any atom is -0.486 e. The van der Waals surface area contributed by atoms with E-state index >= 15 is 0 Å². The second kappa shape index (κ2) is 8.82. The van der Waals surface area contributed by atoms with Crippen LogP contribution in [0.3, 0.4) is 0 Å². The normalized spacial score (nSPS) is 10.2. The maximum atomic E-state index is 12.4. The van der Waals surface area contributed by atoms with Gasteiger partial charge in [-0.05, 0) is 37.5 Å². The summed E-state index contributed by atoms with van der Waals surface area (Å²) in [4.78, 5) is 28.0. The summed E-state index contributed by atoms with van der Waals surface area (Å²) in [6, 6.07) is 9.66. The van der Waals surface area contributed by atoms with Crippen molar-refractivity contribution in [3.8, 4) is 5.75 Å². The molecule has 0 aliphatic rings. The molecule has 0 saturated carbocycles. The molecule has 6 heteroatoms. The summed E-state index contributed by atoms with van der Waals surface area (Å²) in [5.74, 6) is -0.545. The molecular weight excluding hydrogens is 320 g/mol. The Labute approximate surface area is 147 Å². The van der Waals surface area contributed by atoms with Gasteiger partial charge in [0.15, 0.2) is 11.4 Å². The van der Waals surface area contributed by atoms with Crippen molar-refractivity contribution in [2.75, 3.05) is 13.2 Å². The molecule has 2 aromatic rings. The van der Waals surface area contributed by atoms with Crippen molar-refractivity contribution >= 4 is 11.9 Å². The Morgan fingerprint density at radius 3 is 2.56 bits per heavy atom. The molecule has 0 atom stereocenters. The van der Waals surface area contributed by atoms with Gasteiger partial charge in [0.1, 0.15) is 13.2 Å². The number of amides is 1. The Hall–Kier alpha value is -2.89. The maximum Gasteiger partial charge on any atom is 0.325 e. The number of hydrogen-bond acceptors (Lipinski definition) is 5. The molecule has 1 N–H and O–H groups in total. The Balaban J connectivity index is 2.15. The van der Waals surface area contributed by atoms with Crippen molar-refractivity contribution in [2.24, 2.45) is 0 Å². The first-order valence-electron chi connectivity index (χ1n) is 8.09. The van der Waals surface area contributed by atoms with E-state index in [1.54, 1.807) is 13.1 Å². The van der Waals surface area contributed by atoms with E-state index in [0.717, 1.165) is 16.7 Å². The predicted molar refractivity (Wildman–Crippen MR) is 93.5 cm³/mol. The SMILES string of the molecule is CCOC(=O)CNC(=O)c1ncc(C)c(C)c1OCc1ccccc1. The fourth-order valence-corrected chi connectivity index (χ4v) is 2.19. The molecule has 0 aliphatic heterocycles. The first kappa shape index (κ1) is 18.4. The number of benzene rings is 1. The zero-order valence-corrected chi connectivity index (χ0v) is 14.7. The van der Waals surface area contributed by atoms with Gasteiger partial charge in [-0.25, -0.2) is 4.98 Å². The third-order valence-electron chi connectivity index (χ3n) is 3.67. The highest BCUT2D eigenvalue weighted by Crippen LogP contribution is 2.25. The monoisotopic (exact) mass is 342 g/mol. The first-order valence-corrected chi connectivity index (χ1v) is 8.09. The quantitative estimate of drug-likeness (QED) is 0.783. The highest BCUT2D eigenvalue weighted by Gasteiger charge is 2.19. The Kier molecular flexibility index (Phi) is 6.51. The molecule has 0 aliphatic carbocycles. The lowest BCUT2D eigenvalue weighted by atomic mass is 10.1. The molecule has 25 heavy (non-hydrogen) atoms. The summed E-state index contributed by atoms with van der Waals surface area (Å²) < 4.78 is 10.7. The van der Waals surface area contributed by atoms with Crippen LogP contribution in [0.5, 0.6) is 5.75 Å². The molecular formula is C19H22N2O4. The fourth-order valence-electron chi connectivity index (χ4n) is 2.19. The van der Waals surface area contributed by atoms with Crippen molar-refractivity contribution in [3.05, 3.63) is 58.9 Å². The molecule has 1 aromatic heterocycles. The van der Waals surface area contributed by atoms with Crippen molar-refractivity contribution in [1.82, 2.24) is 10.3 Å². The van der Waals surface area contributed by atoms with E-state index < -0.39 is 11.9 Å². The number of nitrogens with one attached hydrogen (secondary N) is 1. The van der Waals surface area contributed by atoms with Gasteiger partial charge in [0.25, 0.3) is 5.91 Å². The van der Waals surface area contributed by atoms with Crippen LogP contribution in [0.4, 0.5) is 0 Å². The molecule has 0 radical (unpaired) electrons. The minimum absolute atomic E-state index is 0.156. The zero-order valence-electron chi connectivity index (χ0n) is 14.7. The lowest BCUT2D eigenvalue weighted by Gasteiger charge is -2.15. The van der Waals surface area contributed by atoms with Gasteiger partial charge in [-0.1, -0.05) is 30.3 Å². The average molecular weight is 342 g/mol. The van der Waals surface area contributed by atoms with Gasteiger partial charge in [-0.3, -0.25) is 9.59 Å². The molecule has 0 spiro atoms.